The normalized spacial score (nSPS) is 17.9. The maximum Gasteiger partial charge on any atom is 0.416 e. The first-order chi connectivity index (χ1) is 21.1. The molecule has 6 aromatic rings. The minimum Gasteiger partial charge on any atom is -0.222 e. The van der Waals surface area contributed by atoms with Crippen LogP contribution in [0.1, 0.15) is 48.9 Å². The highest BCUT2D eigenvalue weighted by molar-refractivity contribution is 5.75. The van der Waals surface area contributed by atoms with Gasteiger partial charge in [0.25, 0.3) is 0 Å². The number of imidazole rings is 2. The quantitative estimate of drug-likeness (QED) is 0.141. The fraction of sp³-hybridized carbons (Fsp3) is 0.235. The molecule has 1 saturated carbocycles. The van der Waals surface area contributed by atoms with E-state index in [1.807, 2.05) is 70.3 Å². The lowest BCUT2D eigenvalue weighted by Crippen LogP contribution is -2.53. The monoisotopic (exact) mass is 606 g/mol. The maximum absolute atomic E-state index is 13.3. The van der Waals surface area contributed by atoms with Gasteiger partial charge in [-0.15, -0.1) is 0 Å². The summed E-state index contributed by atoms with van der Waals surface area (Å²) in [6.07, 6.45) is -1.05. The van der Waals surface area contributed by atoms with Crippen molar-refractivity contribution in [2.75, 3.05) is 0 Å². The molecular formula is C34H28F6N4+2. The van der Waals surface area contributed by atoms with Gasteiger partial charge in [-0.3, -0.25) is 0 Å². The van der Waals surface area contributed by atoms with Crippen molar-refractivity contribution in [1.82, 2.24) is 9.13 Å². The zero-order valence-electron chi connectivity index (χ0n) is 23.4. The Balaban J connectivity index is 1.33. The van der Waals surface area contributed by atoms with Gasteiger partial charge in [0.05, 0.1) is 11.1 Å². The SMILES string of the molecule is FC(F)(F)c1ccc(-n2c[n+]([C@@H]3CCCC[C@H]3[n+]3cn(-c4ccc(C(F)(F)F)cc4)c4ccccc43)c3ccccc32)cc1. The minimum atomic E-state index is -4.41. The van der Waals surface area contributed by atoms with Crippen molar-refractivity contribution in [2.45, 2.75) is 50.1 Å². The van der Waals surface area contributed by atoms with Crippen LogP contribution in [0.15, 0.2) is 110 Å². The van der Waals surface area contributed by atoms with Crippen molar-refractivity contribution in [3.63, 3.8) is 0 Å². The predicted octanol–water partition coefficient (Wildman–Crippen LogP) is 8.54. The summed E-state index contributed by atoms with van der Waals surface area (Å²) in [6, 6.07) is 26.1. The summed E-state index contributed by atoms with van der Waals surface area (Å²) in [7, 11) is 0. The van der Waals surface area contributed by atoms with E-state index in [1.165, 1.54) is 24.3 Å². The summed E-state index contributed by atoms with van der Waals surface area (Å²) in [6.45, 7) is 0. The van der Waals surface area contributed by atoms with E-state index >= 15 is 0 Å². The Morgan fingerprint density at radius 2 is 0.864 bits per heavy atom. The van der Waals surface area contributed by atoms with Gasteiger partial charge in [0, 0.05) is 0 Å². The van der Waals surface area contributed by atoms with E-state index in [0.717, 1.165) is 72.0 Å². The number of halogens is 6. The van der Waals surface area contributed by atoms with Crippen LogP contribution in [-0.2, 0) is 12.4 Å². The summed E-state index contributed by atoms with van der Waals surface area (Å²) in [5.41, 5.74) is 3.58. The molecule has 0 bridgehead atoms. The van der Waals surface area contributed by atoms with E-state index in [9.17, 15) is 26.3 Å². The average Bonchev–Trinajstić information content (AvgIpc) is 3.60. The van der Waals surface area contributed by atoms with Crippen molar-refractivity contribution in [3.8, 4) is 11.4 Å². The first-order valence-electron chi connectivity index (χ1n) is 14.5. The molecule has 4 nitrogen and oxygen atoms in total. The molecule has 4 aromatic carbocycles. The Morgan fingerprint density at radius 3 is 1.23 bits per heavy atom. The number of fused-ring (bicyclic) bond motifs is 2. The van der Waals surface area contributed by atoms with Crippen LogP contribution < -0.4 is 9.13 Å². The third-order valence-electron chi connectivity index (χ3n) is 8.67. The number of benzene rings is 4. The first kappa shape index (κ1) is 28.2. The Morgan fingerprint density at radius 1 is 0.500 bits per heavy atom. The van der Waals surface area contributed by atoms with Gasteiger partial charge in [0.1, 0.15) is 23.5 Å². The Hall–Kier alpha value is -4.60. The first-order valence-corrected chi connectivity index (χ1v) is 14.5. The van der Waals surface area contributed by atoms with E-state index in [-0.39, 0.29) is 12.1 Å². The molecule has 0 radical (unpaired) electrons. The lowest BCUT2D eigenvalue weighted by atomic mass is 9.89. The molecule has 2 aromatic heterocycles. The van der Waals surface area contributed by atoms with Crippen LogP contribution >= 0.6 is 0 Å². The topological polar surface area (TPSA) is 17.6 Å². The molecule has 224 valence electrons. The summed E-state index contributed by atoms with van der Waals surface area (Å²) < 4.78 is 87.8. The van der Waals surface area contributed by atoms with Gasteiger partial charge in [0.15, 0.2) is 22.1 Å². The van der Waals surface area contributed by atoms with Crippen LogP contribution in [-0.4, -0.2) is 9.13 Å². The van der Waals surface area contributed by atoms with Crippen LogP contribution in [0.25, 0.3) is 33.4 Å². The number of nitrogens with zero attached hydrogens (tertiary/aromatic N) is 4. The number of alkyl halides is 6. The highest BCUT2D eigenvalue weighted by atomic mass is 19.4. The molecular weight excluding hydrogens is 578 g/mol. The van der Waals surface area contributed by atoms with Gasteiger partial charge in [-0.05, 0) is 98.5 Å². The molecule has 2 atom stereocenters. The molecule has 0 spiro atoms. The molecule has 1 aliphatic carbocycles. The largest absolute Gasteiger partial charge is 0.416 e. The highest BCUT2D eigenvalue weighted by Gasteiger charge is 2.39. The average molecular weight is 607 g/mol. The van der Waals surface area contributed by atoms with Gasteiger partial charge < -0.3 is 0 Å². The van der Waals surface area contributed by atoms with E-state index < -0.39 is 23.5 Å². The fourth-order valence-corrected chi connectivity index (χ4v) is 6.57. The molecule has 1 aliphatic rings. The summed E-state index contributed by atoms with van der Waals surface area (Å²) in [5, 5.41) is 0. The third-order valence-corrected chi connectivity index (χ3v) is 8.67. The second-order valence-electron chi connectivity index (χ2n) is 11.3. The Labute approximate surface area is 249 Å². The standard InChI is InChI=1S/C34H28F6N4/c35-33(36,37)23-13-17-25(18-14-23)41-21-43(29-9-3-1-7-27(29)41)31-11-5-6-12-32(31)44-22-42(28-8-2-4-10-30(28)44)26-19-15-24(16-20-26)34(38,39)40/h1-4,7-10,13-22,31-32H,5-6,11-12H2/q+2/t31-,32-/m1/s1. The van der Waals surface area contributed by atoms with Gasteiger partial charge in [-0.25, -0.2) is 9.13 Å². The highest BCUT2D eigenvalue weighted by Crippen LogP contribution is 2.35. The second kappa shape index (κ2) is 10.5. The molecule has 7 rings (SSSR count). The van der Waals surface area contributed by atoms with Crippen LogP contribution in [0.5, 0.6) is 0 Å². The van der Waals surface area contributed by atoms with Crippen LogP contribution in [0, 0.1) is 0 Å². The number of hydrogen-bond donors (Lipinski definition) is 0. The molecule has 1 fully saturated rings. The van der Waals surface area contributed by atoms with E-state index in [0.29, 0.717) is 11.4 Å². The van der Waals surface area contributed by atoms with Crippen LogP contribution in [0.2, 0.25) is 0 Å². The van der Waals surface area contributed by atoms with Gasteiger partial charge >= 0.3 is 12.4 Å². The minimum absolute atomic E-state index is 0.0289. The van der Waals surface area contributed by atoms with E-state index in [1.54, 1.807) is 0 Å². The molecule has 0 amide bonds. The Bertz CT molecular complexity index is 1810. The lowest BCUT2D eigenvalue weighted by molar-refractivity contribution is -0.798. The number of para-hydroxylation sites is 4. The zero-order valence-corrected chi connectivity index (χ0v) is 23.4. The van der Waals surface area contributed by atoms with Crippen LogP contribution in [0.3, 0.4) is 0 Å². The summed E-state index contributed by atoms with van der Waals surface area (Å²) >= 11 is 0. The summed E-state index contributed by atoms with van der Waals surface area (Å²) in [5.74, 6) is 0. The maximum atomic E-state index is 13.3. The molecule has 0 saturated heterocycles. The molecule has 2 heterocycles. The summed E-state index contributed by atoms with van der Waals surface area (Å²) in [4.78, 5) is 0. The lowest BCUT2D eigenvalue weighted by Gasteiger charge is -2.27. The van der Waals surface area contributed by atoms with Gasteiger partial charge in [0.2, 0.25) is 12.7 Å². The molecule has 44 heavy (non-hydrogen) atoms. The van der Waals surface area contributed by atoms with E-state index in [2.05, 4.69) is 9.13 Å². The van der Waals surface area contributed by atoms with Crippen LogP contribution in [0.4, 0.5) is 26.3 Å². The van der Waals surface area contributed by atoms with E-state index in [4.69, 9.17) is 0 Å². The third kappa shape index (κ3) is 4.92. The van der Waals surface area contributed by atoms with Crippen molar-refractivity contribution >= 4 is 22.1 Å². The molecule has 0 N–H and O–H groups in total. The van der Waals surface area contributed by atoms with Crippen molar-refractivity contribution in [3.05, 3.63) is 121 Å². The number of hydrogen-bond acceptors (Lipinski definition) is 0. The molecule has 10 heteroatoms. The fourth-order valence-electron chi connectivity index (χ4n) is 6.57. The van der Waals surface area contributed by atoms with Crippen molar-refractivity contribution < 1.29 is 35.5 Å². The number of rotatable bonds is 4. The zero-order chi connectivity index (χ0) is 30.6. The molecule has 0 unspecified atom stereocenters. The van der Waals surface area contributed by atoms with Gasteiger partial charge in [-0.1, -0.05) is 24.3 Å². The number of aromatic nitrogens is 4. The predicted molar refractivity (Wildman–Crippen MR) is 153 cm³/mol. The van der Waals surface area contributed by atoms with Crippen molar-refractivity contribution in [2.24, 2.45) is 0 Å². The smallest absolute Gasteiger partial charge is 0.222 e. The van der Waals surface area contributed by atoms with Gasteiger partial charge in [-0.2, -0.15) is 35.5 Å². The molecule has 0 aliphatic heterocycles. The van der Waals surface area contributed by atoms with Crippen molar-refractivity contribution in [1.29, 1.82) is 0 Å². The Kier molecular flexibility index (Phi) is 6.75. The second-order valence-corrected chi connectivity index (χ2v) is 11.3.